The molecule has 0 unspecified atom stereocenters. The topological polar surface area (TPSA) is 69.2 Å². The summed E-state index contributed by atoms with van der Waals surface area (Å²) in [5.41, 5.74) is 4.76. The van der Waals surface area contributed by atoms with Gasteiger partial charge in [-0.05, 0) is 79.3 Å². The summed E-state index contributed by atoms with van der Waals surface area (Å²) in [6.45, 7) is 13.0. The summed E-state index contributed by atoms with van der Waals surface area (Å²) < 4.78 is 15.8. The fraction of sp³-hybridized carbons (Fsp3) is 0.382. The van der Waals surface area contributed by atoms with Gasteiger partial charge in [0, 0.05) is 71.0 Å². The molecule has 0 radical (unpaired) electrons. The molecule has 2 aromatic carbocycles. The van der Waals surface area contributed by atoms with Crippen LogP contribution >= 0.6 is 22.6 Å². The van der Waals surface area contributed by atoms with Crippen molar-refractivity contribution in [3.63, 3.8) is 0 Å². The van der Waals surface area contributed by atoms with Gasteiger partial charge in [-0.2, -0.15) is 0 Å². The van der Waals surface area contributed by atoms with Crippen LogP contribution in [0.25, 0.3) is 33.4 Å². The molecule has 8 nitrogen and oxygen atoms in total. The van der Waals surface area contributed by atoms with Gasteiger partial charge in [-0.3, -0.25) is 4.79 Å². The maximum atomic E-state index is 12.6. The Kier molecular flexibility index (Phi) is 8.10. The molecule has 0 spiro atoms. The summed E-state index contributed by atoms with van der Waals surface area (Å²) in [7, 11) is 0. The van der Waals surface area contributed by atoms with Crippen molar-refractivity contribution in [1.29, 1.82) is 0 Å². The highest BCUT2D eigenvalue weighted by atomic mass is 127. The first-order valence-electron chi connectivity index (χ1n) is 14.9. The molecule has 2 fully saturated rings. The summed E-state index contributed by atoms with van der Waals surface area (Å²) in [6.07, 6.45) is -0.257. The third-order valence-electron chi connectivity index (χ3n) is 8.21. The van der Waals surface area contributed by atoms with Crippen LogP contribution in [0.4, 0.5) is 10.5 Å². The third kappa shape index (κ3) is 6.37. The first-order chi connectivity index (χ1) is 20.6. The lowest BCUT2D eigenvalue weighted by molar-refractivity contribution is -0.129. The minimum absolute atomic E-state index is 0.129. The summed E-state index contributed by atoms with van der Waals surface area (Å²) in [5, 5.41) is 2.16. The molecule has 4 aliphatic rings. The van der Waals surface area contributed by atoms with E-state index in [9.17, 15) is 9.59 Å². The molecule has 1 aliphatic carbocycles. The number of ether oxygens (including phenoxy) is 1. The second kappa shape index (κ2) is 11.8. The monoisotopic (exact) mass is 693 g/mol. The lowest BCUT2D eigenvalue weighted by atomic mass is 9.93. The zero-order valence-corrected chi connectivity index (χ0v) is 27.4. The predicted octanol–water partition coefficient (Wildman–Crippen LogP) is 5.50. The highest BCUT2D eigenvalue weighted by Crippen LogP contribution is 2.41. The Morgan fingerprint density at radius 3 is 2.21 bits per heavy atom. The zero-order valence-electron chi connectivity index (χ0n) is 25.2. The molecular formula is C34H38IN4O4+. The van der Waals surface area contributed by atoms with E-state index in [4.69, 9.17) is 9.15 Å². The number of halogens is 1. The van der Waals surface area contributed by atoms with Gasteiger partial charge in [0.25, 0.3) is 0 Å². The van der Waals surface area contributed by atoms with Crippen molar-refractivity contribution in [3.8, 4) is 22.5 Å². The van der Waals surface area contributed by atoms with Crippen LogP contribution in [0.1, 0.15) is 27.7 Å². The van der Waals surface area contributed by atoms with Crippen molar-refractivity contribution >= 4 is 51.2 Å². The van der Waals surface area contributed by atoms with E-state index >= 15 is 0 Å². The van der Waals surface area contributed by atoms with E-state index in [-0.39, 0.29) is 12.0 Å². The van der Waals surface area contributed by atoms with Gasteiger partial charge in [-0.1, -0.05) is 12.1 Å². The molecule has 2 saturated heterocycles. The standard InChI is InChI=1S/C34H38IN4O4/c1-23(40)36-13-15-37(16-14-36)26-9-11-28-30(21-26)42-31-22-27(10-12-29(31)32(28)24-5-7-25(35)8-6-24)38-17-19-39(20-18-38)33(41)43-34(2,3)4/h5-12,21-22H,13-20H2,1-4H3/q+1. The van der Waals surface area contributed by atoms with Crippen LogP contribution in [-0.4, -0.2) is 79.8 Å². The SMILES string of the molecule is CC(=O)N1CC[N+](=c2ccc3c(-c4ccc(I)cc4)c4ccc(N5CCN(C(=O)OC(C)(C)C)CC5)cc4oc-3c2)CC1. The lowest BCUT2D eigenvalue weighted by Gasteiger charge is -2.36. The maximum Gasteiger partial charge on any atom is 0.410 e. The van der Waals surface area contributed by atoms with E-state index in [1.807, 2.05) is 25.7 Å². The Labute approximate surface area is 266 Å². The number of amides is 2. The third-order valence-corrected chi connectivity index (χ3v) is 8.93. The average molecular weight is 694 g/mol. The molecule has 43 heavy (non-hydrogen) atoms. The number of carbonyl (C=O) groups excluding carboxylic acids is 2. The smallest absolute Gasteiger partial charge is 0.410 e. The Bertz CT molecular complexity index is 1710. The van der Waals surface area contributed by atoms with E-state index < -0.39 is 5.60 Å². The Morgan fingerprint density at radius 1 is 0.860 bits per heavy atom. The fourth-order valence-electron chi connectivity index (χ4n) is 5.94. The van der Waals surface area contributed by atoms with Gasteiger partial charge in [0.15, 0.2) is 13.1 Å². The van der Waals surface area contributed by atoms with Crippen LogP contribution in [0.15, 0.2) is 65.1 Å². The zero-order chi connectivity index (χ0) is 30.3. The van der Waals surface area contributed by atoms with Crippen molar-refractivity contribution in [3.05, 3.63) is 69.6 Å². The number of benzene rings is 3. The molecular weight excluding hydrogens is 655 g/mol. The molecule has 0 atom stereocenters. The number of fused-ring (bicyclic) bond motifs is 2. The van der Waals surface area contributed by atoms with Gasteiger partial charge in [0.05, 0.1) is 19.2 Å². The molecule has 0 aromatic heterocycles. The molecule has 3 aliphatic heterocycles. The molecule has 3 heterocycles. The van der Waals surface area contributed by atoms with Gasteiger partial charge < -0.3 is 23.9 Å². The first-order valence-corrected chi connectivity index (χ1v) is 16.0. The van der Waals surface area contributed by atoms with E-state index in [1.54, 1.807) is 11.8 Å². The molecule has 0 N–H and O–H groups in total. The maximum absolute atomic E-state index is 12.6. The van der Waals surface area contributed by atoms with Crippen LogP contribution in [-0.2, 0) is 9.53 Å². The Morgan fingerprint density at radius 2 is 1.56 bits per heavy atom. The van der Waals surface area contributed by atoms with E-state index in [1.165, 1.54) is 3.57 Å². The minimum Gasteiger partial charge on any atom is -0.456 e. The van der Waals surface area contributed by atoms with Crippen LogP contribution in [0, 0.1) is 3.57 Å². The number of hydrogen-bond acceptors (Lipinski definition) is 5. The normalized spacial score (nSPS) is 16.2. The first kappa shape index (κ1) is 29.5. The van der Waals surface area contributed by atoms with Gasteiger partial charge >= 0.3 is 6.09 Å². The molecule has 224 valence electrons. The van der Waals surface area contributed by atoms with E-state index in [0.717, 1.165) is 83.7 Å². The summed E-state index contributed by atoms with van der Waals surface area (Å²) in [4.78, 5) is 30.4. The largest absolute Gasteiger partial charge is 0.456 e. The molecule has 2 aromatic rings. The predicted molar refractivity (Wildman–Crippen MR) is 178 cm³/mol. The quantitative estimate of drug-likeness (QED) is 0.158. The average Bonchev–Trinajstić information content (AvgIpc) is 2.99. The van der Waals surface area contributed by atoms with Crippen molar-refractivity contribution in [1.82, 2.24) is 14.4 Å². The molecule has 0 bridgehead atoms. The van der Waals surface area contributed by atoms with Crippen LogP contribution in [0.3, 0.4) is 0 Å². The van der Waals surface area contributed by atoms with E-state index in [0.29, 0.717) is 13.1 Å². The molecule has 6 rings (SSSR count). The van der Waals surface area contributed by atoms with Crippen LogP contribution < -0.4 is 14.8 Å². The highest BCUT2D eigenvalue weighted by Gasteiger charge is 2.27. The van der Waals surface area contributed by atoms with Crippen molar-refractivity contribution < 1.29 is 18.7 Å². The number of rotatable bonds is 2. The second-order valence-corrected chi connectivity index (χ2v) is 13.5. The van der Waals surface area contributed by atoms with Crippen LogP contribution in [0.2, 0.25) is 0 Å². The fourth-order valence-corrected chi connectivity index (χ4v) is 6.30. The van der Waals surface area contributed by atoms with Crippen LogP contribution in [0.5, 0.6) is 0 Å². The van der Waals surface area contributed by atoms with E-state index in [2.05, 4.69) is 92.7 Å². The Balaban J connectivity index is 1.37. The highest BCUT2D eigenvalue weighted by molar-refractivity contribution is 14.1. The summed E-state index contributed by atoms with van der Waals surface area (Å²) in [6, 6.07) is 21.6. The molecule has 9 heteroatoms. The second-order valence-electron chi connectivity index (χ2n) is 12.3. The Hall–Kier alpha value is -3.60. The molecule has 2 amide bonds. The number of piperazine rings is 2. The number of hydrogen-bond donors (Lipinski definition) is 0. The van der Waals surface area contributed by atoms with Crippen molar-refractivity contribution in [2.75, 3.05) is 57.3 Å². The number of nitrogens with zero attached hydrogens (tertiary/aromatic N) is 4. The van der Waals surface area contributed by atoms with Crippen molar-refractivity contribution in [2.24, 2.45) is 0 Å². The lowest BCUT2D eigenvalue weighted by Crippen LogP contribution is -2.50. The molecule has 0 saturated carbocycles. The minimum atomic E-state index is -0.506. The summed E-state index contributed by atoms with van der Waals surface area (Å²) in [5.74, 6) is 0.961. The summed E-state index contributed by atoms with van der Waals surface area (Å²) >= 11 is 2.34. The van der Waals surface area contributed by atoms with Crippen molar-refractivity contribution in [2.45, 2.75) is 33.3 Å². The van der Waals surface area contributed by atoms with Gasteiger partial charge in [-0.15, -0.1) is 0 Å². The number of carbonyl (C=O) groups is 2. The van der Waals surface area contributed by atoms with Gasteiger partial charge in [0.1, 0.15) is 16.9 Å². The van der Waals surface area contributed by atoms with Gasteiger partial charge in [-0.25, -0.2) is 9.37 Å². The van der Waals surface area contributed by atoms with Gasteiger partial charge in [0.2, 0.25) is 11.3 Å². The number of anilines is 1.